The molecule has 4 N–H and O–H groups in total. The van der Waals surface area contributed by atoms with Gasteiger partial charge in [0.25, 0.3) is 5.91 Å². The molecule has 0 saturated heterocycles. The number of nitrogens with one attached hydrogen (secondary N) is 1. The third-order valence-electron chi connectivity index (χ3n) is 4.66. The molecule has 2 amide bonds. The van der Waals surface area contributed by atoms with Crippen LogP contribution in [0.3, 0.4) is 0 Å². The zero-order chi connectivity index (χ0) is 18.9. The van der Waals surface area contributed by atoms with E-state index in [1.165, 1.54) is 18.3 Å². The topological polar surface area (TPSA) is 109 Å². The first-order chi connectivity index (χ1) is 11.5. The van der Waals surface area contributed by atoms with Crippen LogP contribution in [0.4, 0.5) is 5.00 Å². The molecule has 1 aromatic heterocycles. The number of aliphatic carboxylic acids is 1. The van der Waals surface area contributed by atoms with Gasteiger partial charge in [-0.1, -0.05) is 20.8 Å². The normalized spacial score (nSPS) is 17.8. The first kappa shape index (κ1) is 19.2. The fourth-order valence-corrected chi connectivity index (χ4v) is 4.42. The zero-order valence-electron chi connectivity index (χ0n) is 14.9. The van der Waals surface area contributed by atoms with Crippen LogP contribution < -0.4 is 11.1 Å². The standard InChI is InChI=1S/C18H24N2O4S/c1-9(17(23)24)7-13(21)20-16-14(15(19)22)11-6-5-10(18(2,3)4)8-12(11)25-16/h7,10H,5-6,8H2,1-4H3,(H2,19,22)(H,20,21)(H,23,24). The summed E-state index contributed by atoms with van der Waals surface area (Å²) in [5.74, 6) is -1.81. The zero-order valence-corrected chi connectivity index (χ0v) is 15.8. The molecule has 6 nitrogen and oxygen atoms in total. The second-order valence-corrected chi connectivity index (χ2v) is 8.60. The summed E-state index contributed by atoms with van der Waals surface area (Å²) in [6, 6.07) is 0. The molecule has 0 aromatic carbocycles. The van der Waals surface area contributed by atoms with Crippen molar-refractivity contribution in [1.82, 2.24) is 0 Å². The molecule has 0 fully saturated rings. The van der Waals surface area contributed by atoms with E-state index in [0.717, 1.165) is 35.8 Å². The molecule has 2 rings (SSSR count). The highest BCUT2D eigenvalue weighted by atomic mass is 32.1. The number of primary amides is 1. The van der Waals surface area contributed by atoms with Crippen molar-refractivity contribution in [3.63, 3.8) is 0 Å². The first-order valence-electron chi connectivity index (χ1n) is 8.17. The molecule has 0 bridgehead atoms. The van der Waals surface area contributed by atoms with Crippen LogP contribution in [-0.4, -0.2) is 22.9 Å². The number of fused-ring (bicyclic) bond motifs is 1. The number of amides is 2. The molecular formula is C18H24N2O4S. The minimum atomic E-state index is -1.16. The largest absolute Gasteiger partial charge is 0.478 e. The summed E-state index contributed by atoms with van der Waals surface area (Å²) >= 11 is 1.36. The number of hydrogen-bond acceptors (Lipinski definition) is 4. The van der Waals surface area contributed by atoms with E-state index < -0.39 is 17.8 Å². The fraction of sp³-hybridized carbons (Fsp3) is 0.500. The van der Waals surface area contributed by atoms with Crippen LogP contribution in [0.5, 0.6) is 0 Å². The molecule has 1 atom stereocenters. The highest BCUT2D eigenvalue weighted by molar-refractivity contribution is 7.17. The van der Waals surface area contributed by atoms with Crippen molar-refractivity contribution < 1.29 is 19.5 Å². The Balaban J connectivity index is 2.33. The van der Waals surface area contributed by atoms with Crippen molar-refractivity contribution in [2.75, 3.05) is 5.32 Å². The van der Waals surface area contributed by atoms with Gasteiger partial charge >= 0.3 is 5.97 Å². The van der Waals surface area contributed by atoms with Crippen molar-refractivity contribution in [3.8, 4) is 0 Å². The van der Waals surface area contributed by atoms with Gasteiger partial charge in [-0.25, -0.2) is 4.79 Å². The van der Waals surface area contributed by atoms with E-state index in [1.807, 2.05) is 0 Å². The van der Waals surface area contributed by atoms with Gasteiger partial charge in [0.05, 0.1) is 5.56 Å². The van der Waals surface area contributed by atoms with Gasteiger partial charge in [0.15, 0.2) is 0 Å². The van der Waals surface area contributed by atoms with E-state index in [2.05, 4.69) is 26.1 Å². The van der Waals surface area contributed by atoms with Gasteiger partial charge in [-0.2, -0.15) is 0 Å². The van der Waals surface area contributed by atoms with Crippen LogP contribution >= 0.6 is 11.3 Å². The molecule has 0 radical (unpaired) electrons. The Morgan fingerprint density at radius 2 is 1.96 bits per heavy atom. The Kier molecular flexibility index (Phi) is 5.37. The molecule has 25 heavy (non-hydrogen) atoms. The number of rotatable bonds is 4. The summed E-state index contributed by atoms with van der Waals surface area (Å²) in [5, 5.41) is 11.9. The van der Waals surface area contributed by atoms with Gasteiger partial charge in [0.2, 0.25) is 5.91 Å². The third-order valence-corrected chi connectivity index (χ3v) is 5.83. The van der Waals surface area contributed by atoms with E-state index in [1.54, 1.807) is 0 Å². The monoisotopic (exact) mass is 364 g/mol. The van der Waals surface area contributed by atoms with Crippen molar-refractivity contribution in [2.45, 2.75) is 47.0 Å². The van der Waals surface area contributed by atoms with Crippen LogP contribution in [0.15, 0.2) is 11.6 Å². The maximum absolute atomic E-state index is 12.0. The van der Waals surface area contributed by atoms with Gasteiger partial charge < -0.3 is 16.2 Å². The second kappa shape index (κ2) is 7.00. The van der Waals surface area contributed by atoms with E-state index >= 15 is 0 Å². The van der Waals surface area contributed by atoms with Crippen LogP contribution in [0.2, 0.25) is 0 Å². The lowest BCUT2D eigenvalue weighted by molar-refractivity contribution is -0.132. The minimum absolute atomic E-state index is 0.0766. The summed E-state index contributed by atoms with van der Waals surface area (Å²) in [6.45, 7) is 7.94. The highest BCUT2D eigenvalue weighted by Gasteiger charge is 2.33. The summed E-state index contributed by atoms with van der Waals surface area (Å²) in [7, 11) is 0. The molecule has 136 valence electrons. The third kappa shape index (κ3) is 4.28. The van der Waals surface area contributed by atoms with E-state index in [9.17, 15) is 14.4 Å². The SMILES string of the molecule is CC(=CC(=O)Nc1sc2c(c1C(N)=O)CCC(C(C)(C)C)C2)C(=O)O. The lowest BCUT2D eigenvalue weighted by atomic mass is 9.72. The summed E-state index contributed by atoms with van der Waals surface area (Å²) in [5.41, 5.74) is 6.91. The highest BCUT2D eigenvalue weighted by Crippen LogP contribution is 2.44. The molecule has 1 unspecified atom stereocenters. The van der Waals surface area contributed by atoms with Crippen molar-refractivity contribution in [1.29, 1.82) is 0 Å². The Morgan fingerprint density at radius 3 is 2.48 bits per heavy atom. The smallest absolute Gasteiger partial charge is 0.331 e. The van der Waals surface area contributed by atoms with Crippen LogP contribution in [-0.2, 0) is 22.4 Å². The maximum Gasteiger partial charge on any atom is 0.331 e. The minimum Gasteiger partial charge on any atom is -0.478 e. The van der Waals surface area contributed by atoms with E-state index in [-0.39, 0.29) is 11.0 Å². The number of thiophene rings is 1. The number of carbonyl (C=O) groups is 3. The van der Waals surface area contributed by atoms with Crippen molar-refractivity contribution >= 4 is 34.1 Å². The van der Waals surface area contributed by atoms with Crippen LogP contribution in [0.1, 0.15) is 54.9 Å². The number of hydrogen-bond donors (Lipinski definition) is 3. The quantitative estimate of drug-likeness (QED) is 0.713. The van der Waals surface area contributed by atoms with Crippen LogP contribution in [0, 0.1) is 11.3 Å². The van der Waals surface area contributed by atoms with Gasteiger partial charge in [-0.3, -0.25) is 9.59 Å². The Morgan fingerprint density at radius 1 is 1.32 bits per heavy atom. The Hall–Kier alpha value is -2.15. The van der Waals surface area contributed by atoms with Crippen LogP contribution in [0.25, 0.3) is 0 Å². The lowest BCUT2D eigenvalue weighted by Crippen LogP contribution is -2.27. The van der Waals surface area contributed by atoms with E-state index in [4.69, 9.17) is 10.8 Å². The number of nitrogens with two attached hydrogens (primary N) is 1. The molecular weight excluding hydrogens is 340 g/mol. The molecule has 7 heteroatoms. The van der Waals surface area contributed by atoms with Crippen molar-refractivity contribution in [3.05, 3.63) is 27.7 Å². The predicted octanol–water partition coefficient (Wildman–Crippen LogP) is 2.97. The fourth-order valence-electron chi connectivity index (χ4n) is 3.08. The Labute approximate surface area is 151 Å². The maximum atomic E-state index is 12.0. The summed E-state index contributed by atoms with van der Waals surface area (Å²) in [4.78, 5) is 35.9. The predicted molar refractivity (Wildman–Crippen MR) is 97.8 cm³/mol. The average Bonchev–Trinajstić information content (AvgIpc) is 2.82. The number of carboxylic acids is 1. The Bertz CT molecular complexity index is 756. The number of carbonyl (C=O) groups excluding carboxylic acids is 2. The van der Waals surface area contributed by atoms with Gasteiger partial charge in [-0.05, 0) is 43.1 Å². The second-order valence-electron chi connectivity index (χ2n) is 7.50. The summed E-state index contributed by atoms with van der Waals surface area (Å²) in [6.07, 6.45) is 3.58. The van der Waals surface area contributed by atoms with Gasteiger partial charge in [0.1, 0.15) is 5.00 Å². The molecule has 1 heterocycles. The molecule has 1 aliphatic rings. The lowest BCUT2D eigenvalue weighted by Gasteiger charge is -2.33. The van der Waals surface area contributed by atoms with Gasteiger partial charge in [0, 0.05) is 16.5 Å². The van der Waals surface area contributed by atoms with E-state index in [0.29, 0.717) is 16.5 Å². The number of carboxylic acid groups (broad SMARTS) is 1. The van der Waals surface area contributed by atoms with Gasteiger partial charge in [-0.15, -0.1) is 11.3 Å². The molecule has 0 spiro atoms. The van der Waals surface area contributed by atoms with Crippen molar-refractivity contribution in [2.24, 2.45) is 17.1 Å². The first-order valence-corrected chi connectivity index (χ1v) is 8.99. The molecule has 0 saturated carbocycles. The average molecular weight is 364 g/mol. The molecule has 1 aliphatic carbocycles. The molecule has 0 aliphatic heterocycles. The number of anilines is 1. The molecule has 1 aromatic rings. The summed E-state index contributed by atoms with van der Waals surface area (Å²) < 4.78 is 0.